The number of hydrogen-bond donors (Lipinski definition) is 1. The molecule has 0 saturated carbocycles. The Kier molecular flexibility index (Phi) is 3.90. The first-order chi connectivity index (χ1) is 10.1. The number of hydrogen-bond acceptors (Lipinski definition) is 3. The summed E-state index contributed by atoms with van der Waals surface area (Å²) in [5, 5.41) is 6.46. The molecule has 1 aliphatic rings. The standard InChI is InChI=1S/C15H11BrN2O2S/c16-12-3-1-10(2-4-12)8-18-14(19)13(17-15(18)20)7-11-5-6-21-9-11/h1-7,9H,8H2,(H,17,20)/b13-7-. The van der Waals surface area contributed by atoms with E-state index in [9.17, 15) is 9.59 Å². The number of halogens is 1. The smallest absolute Gasteiger partial charge is 0.303 e. The van der Waals surface area contributed by atoms with Crippen molar-refractivity contribution >= 4 is 45.3 Å². The van der Waals surface area contributed by atoms with E-state index in [4.69, 9.17) is 0 Å². The maximum atomic E-state index is 12.3. The first-order valence-electron chi connectivity index (χ1n) is 6.25. The average Bonchev–Trinajstić information content (AvgIpc) is 3.06. The fourth-order valence-corrected chi connectivity index (χ4v) is 2.89. The molecule has 1 aromatic heterocycles. The summed E-state index contributed by atoms with van der Waals surface area (Å²) in [6.07, 6.45) is 1.69. The third-order valence-electron chi connectivity index (χ3n) is 3.07. The van der Waals surface area contributed by atoms with Crippen LogP contribution in [0.5, 0.6) is 0 Å². The van der Waals surface area contributed by atoms with E-state index < -0.39 is 0 Å². The number of amides is 3. The number of carbonyl (C=O) groups excluding carboxylic acids is 2. The molecular weight excluding hydrogens is 352 g/mol. The third-order valence-corrected chi connectivity index (χ3v) is 4.30. The number of carbonyl (C=O) groups is 2. The molecule has 2 aromatic rings. The second kappa shape index (κ2) is 5.83. The second-order valence-electron chi connectivity index (χ2n) is 4.56. The minimum absolute atomic E-state index is 0.263. The zero-order chi connectivity index (χ0) is 14.8. The Hall–Kier alpha value is -1.92. The van der Waals surface area contributed by atoms with Crippen molar-refractivity contribution in [3.05, 3.63) is 62.4 Å². The average molecular weight is 363 g/mol. The number of urea groups is 1. The van der Waals surface area contributed by atoms with Crippen LogP contribution in [0.1, 0.15) is 11.1 Å². The molecule has 1 aliphatic heterocycles. The first-order valence-corrected chi connectivity index (χ1v) is 7.98. The van der Waals surface area contributed by atoms with Crippen LogP contribution in [0.3, 0.4) is 0 Å². The molecule has 1 aromatic carbocycles. The molecule has 6 heteroatoms. The van der Waals surface area contributed by atoms with Crippen molar-refractivity contribution in [1.82, 2.24) is 10.2 Å². The van der Waals surface area contributed by atoms with E-state index >= 15 is 0 Å². The normalized spacial score (nSPS) is 16.6. The van der Waals surface area contributed by atoms with Gasteiger partial charge in [-0.2, -0.15) is 11.3 Å². The van der Waals surface area contributed by atoms with E-state index in [-0.39, 0.29) is 18.5 Å². The zero-order valence-corrected chi connectivity index (χ0v) is 13.3. The van der Waals surface area contributed by atoms with E-state index in [1.807, 2.05) is 41.1 Å². The van der Waals surface area contributed by atoms with Crippen molar-refractivity contribution in [2.75, 3.05) is 0 Å². The molecule has 3 rings (SSSR count). The Balaban J connectivity index is 1.79. The molecule has 0 radical (unpaired) electrons. The maximum absolute atomic E-state index is 12.3. The highest BCUT2D eigenvalue weighted by Gasteiger charge is 2.33. The summed E-state index contributed by atoms with van der Waals surface area (Å²) in [5.74, 6) is -0.297. The second-order valence-corrected chi connectivity index (χ2v) is 6.26. The fourth-order valence-electron chi connectivity index (χ4n) is 2.01. The molecule has 0 unspecified atom stereocenters. The van der Waals surface area contributed by atoms with E-state index in [1.54, 1.807) is 17.4 Å². The molecule has 1 saturated heterocycles. The molecule has 3 amide bonds. The summed E-state index contributed by atoms with van der Waals surface area (Å²) in [5.41, 5.74) is 2.13. The van der Waals surface area contributed by atoms with Gasteiger partial charge in [-0.3, -0.25) is 9.69 Å². The highest BCUT2D eigenvalue weighted by molar-refractivity contribution is 9.10. The minimum atomic E-state index is -0.385. The van der Waals surface area contributed by atoms with Crippen molar-refractivity contribution in [3.8, 4) is 0 Å². The largest absolute Gasteiger partial charge is 0.329 e. The van der Waals surface area contributed by atoms with Crippen molar-refractivity contribution in [2.24, 2.45) is 0 Å². The van der Waals surface area contributed by atoms with E-state index in [0.29, 0.717) is 5.70 Å². The summed E-state index contributed by atoms with van der Waals surface area (Å²) in [4.78, 5) is 25.4. The lowest BCUT2D eigenvalue weighted by Gasteiger charge is -2.11. The van der Waals surface area contributed by atoms with Crippen LogP contribution in [0.15, 0.2) is 51.3 Å². The molecular formula is C15H11BrN2O2S. The predicted octanol–water partition coefficient (Wildman–Crippen LogP) is 3.60. The van der Waals surface area contributed by atoms with Gasteiger partial charge in [0.2, 0.25) is 0 Å². The number of benzene rings is 1. The predicted molar refractivity (Wildman–Crippen MR) is 85.5 cm³/mol. The molecule has 2 heterocycles. The topological polar surface area (TPSA) is 49.4 Å². The molecule has 0 atom stereocenters. The van der Waals surface area contributed by atoms with E-state index in [0.717, 1.165) is 15.6 Å². The molecule has 106 valence electrons. The SMILES string of the molecule is O=C1N/C(=C\c2ccsc2)C(=O)N1Cc1ccc(Br)cc1. The summed E-state index contributed by atoms with van der Waals surface area (Å²) in [6.45, 7) is 0.263. The molecule has 0 aliphatic carbocycles. The summed E-state index contributed by atoms with van der Waals surface area (Å²) >= 11 is 4.90. The lowest BCUT2D eigenvalue weighted by Crippen LogP contribution is -2.30. The molecule has 1 fully saturated rings. The number of nitrogens with zero attached hydrogens (tertiary/aromatic N) is 1. The van der Waals surface area contributed by atoms with Crippen molar-refractivity contribution in [1.29, 1.82) is 0 Å². The molecule has 0 spiro atoms. The van der Waals surface area contributed by atoms with Crippen LogP contribution in [0.2, 0.25) is 0 Å². The number of thiophene rings is 1. The first kappa shape index (κ1) is 14.0. The lowest BCUT2D eigenvalue weighted by atomic mass is 10.2. The summed E-state index contributed by atoms with van der Waals surface area (Å²) in [6, 6.07) is 9.04. The van der Waals surface area contributed by atoms with Crippen molar-refractivity contribution in [3.63, 3.8) is 0 Å². The summed E-state index contributed by atoms with van der Waals surface area (Å²) < 4.78 is 0.960. The Bertz CT molecular complexity index is 708. The maximum Gasteiger partial charge on any atom is 0.329 e. The zero-order valence-electron chi connectivity index (χ0n) is 10.9. The number of nitrogens with one attached hydrogen (secondary N) is 1. The molecule has 21 heavy (non-hydrogen) atoms. The van der Waals surface area contributed by atoms with Crippen molar-refractivity contribution < 1.29 is 9.59 Å². The quantitative estimate of drug-likeness (QED) is 0.669. The van der Waals surface area contributed by atoms with Gasteiger partial charge < -0.3 is 5.32 Å². The van der Waals surface area contributed by atoms with E-state index in [2.05, 4.69) is 21.2 Å². The van der Waals surface area contributed by atoms with E-state index in [1.165, 1.54) is 4.90 Å². The summed E-state index contributed by atoms with van der Waals surface area (Å²) in [7, 11) is 0. The monoisotopic (exact) mass is 362 g/mol. The van der Waals surface area contributed by atoms with Gasteiger partial charge in [0.05, 0.1) is 6.54 Å². The van der Waals surface area contributed by atoms with Gasteiger partial charge in [-0.05, 0) is 46.2 Å². The van der Waals surface area contributed by atoms with Crippen LogP contribution in [-0.2, 0) is 11.3 Å². The van der Waals surface area contributed by atoms with Crippen LogP contribution >= 0.6 is 27.3 Å². The van der Waals surface area contributed by atoms with Gasteiger partial charge in [-0.25, -0.2) is 4.79 Å². The van der Waals surface area contributed by atoms with Crippen LogP contribution in [0, 0.1) is 0 Å². The number of rotatable bonds is 3. The van der Waals surface area contributed by atoms with Crippen molar-refractivity contribution in [2.45, 2.75) is 6.54 Å². The Morgan fingerprint density at radius 1 is 1.19 bits per heavy atom. The van der Waals surface area contributed by atoms with Gasteiger partial charge in [-0.15, -0.1) is 0 Å². The van der Waals surface area contributed by atoms with Crippen LogP contribution in [-0.4, -0.2) is 16.8 Å². The Morgan fingerprint density at radius 3 is 2.62 bits per heavy atom. The highest BCUT2D eigenvalue weighted by atomic mass is 79.9. The van der Waals surface area contributed by atoms with Crippen LogP contribution in [0.25, 0.3) is 6.08 Å². The van der Waals surface area contributed by atoms with Crippen LogP contribution < -0.4 is 5.32 Å². The molecule has 0 bridgehead atoms. The van der Waals surface area contributed by atoms with Gasteiger partial charge >= 0.3 is 6.03 Å². The van der Waals surface area contributed by atoms with Gasteiger partial charge in [0.1, 0.15) is 5.70 Å². The molecule has 4 nitrogen and oxygen atoms in total. The van der Waals surface area contributed by atoms with Gasteiger partial charge in [-0.1, -0.05) is 28.1 Å². The lowest BCUT2D eigenvalue weighted by molar-refractivity contribution is -0.123. The van der Waals surface area contributed by atoms with Gasteiger partial charge in [0, 0.05) is 4.47 Å². The Morgan fingerprint density at radius 2 is 1.95 bits per heavy atom. The third kappa shape index (κ3) is 3.06. The number of imide groups is 1. The van der Waals surface area contributed by atoms with Crippen LogP contribution in [0.4, 0.5) is 4.79 Å². The van der Waals surface area contributed by atoms with Gasteiger partial charge in [0.25, 0.3) is 5.91 Å². The van der Waals surface area contributed by atoms with Gasteiger partial charge in [0.15, 0.2) is 0 Å². The fraction of sp³-hybridized carbons (Fsp3) is 0.0667. The highest BCUT2D eigenvalue weighted by Crippen LogP contribution is 2.19. The molecule has 1 N–H and O–H groups in total. The minimum Gasteiger partial charge on any atom is -0.303 e. The Labute approximate surface area is 134 Å².